The van der Waals surface area contributed by atoms with Crippen molar-refractivity contribution in [2.75, 3.05) is 20.1 Å². The van der Waals surface area contributed by atoms with Crippen LogP contribution in [-0.4, -0.2) is 57.3 Å². The summed E-state index contributed by atoms with van der Waals surface area (Å²) in [7, 11) is 2.14. The fraction of sp³-hybridized carbons (Fsp3) is 0.333. The van der Waals surface area contributed by atoms with Gasteiger partial charge in [0.25, 0.3) is 5.91 Å². The van der Waals surface area contributed by atoms with Gasteiger partial charge in [0.15, 0.2) is 0 Å². The van der Waals surface area contributed by atoms with Crippen molar-refractivity contribution in [3.63, 3.8) is 0 Å². The molecular formula is C21H20N4OS. The van der Waals surface area contributed by atoms with Gasteiger partial charge in [0.05, 0.1) is 16.8 Å². The monoisotopic (exact) mass is 376 g/mol. The zero-order chi connectivity index (χ0) is 18.5. The number of likely N-dealkylation sites (tertiary alicyclic amines) is 2. The minimum Gasteiger partial charge on any atom is -0.333 e. The Morgan fingerprint density at radius 1 is 1.26 bits per heavy atom. The number of rotatable bonds is 1. The van der Waals surface area contributed by atoms with Crippen molar-refractivity contribution in [3.05, 3.63) is 57.8 Å². The number of aromatic nitrogens is 2. The van der Waals surface area contributed by atoms with Crippen molar-refractivity contribution in [2.24, 2.45) is 0 Å². The molecule has 0 unspecified atom stereocenters. The summed E-state index contributed by atoms with van der Waals surface area (Å²) in [5.41, 5.74) is 4.18. The predicted molar refractivity (Wildman–Crippen MR) is 106 cm³/mol. The summed E-state index contributed by atoms with van der Waals surface area (Å²) in [6.45, 7) is 3.75. The maximum atomic E-state index is 13.1. The third-order valence-electron chi connectivity index (χ3n) is 5.57. The van der Waals surface area contributed by atoms with Crippen LogP contribution in [0.1, 0.15) is 33.7 Å². The van der Waals surface area contributed by atoms with E-state index in [-0.39, 0.29) is 5.91 Å². The second kappa shape index (κ2) is 6.22. The van der Waals surface area contributed by atoms with E-state index >= 15 is 0 Å². The molecule has 0 N–H and O–H groups in total. The van der Waals surface area contributed by atoms with Gasteiger partial charge in [-0.15, -0.1) is 0 Å². The molecule has 3 aromatic rings. The van der Waals surface area contributed by atoms with Gasteiger partial charge in [-0.05, 0) is 43.8 Å². The van der Waals surface area contributed by atoms with Gasteiger partial charge in [0.2, 0.25) is 0 Å². The summed E-state index contributed by atoms with van der Waals surface area (Å²) < 4.78 is 1.98. The van der Waals surface area contributed by atoms with Crippen LogP contribution < -0.4 is 0 Å². The largest absolute Gasteiger partial charge is 0.333 e. The summed E-state index contributed by atoms with van der Waals surface area (Å²) in [5.74, 6) is 6.46. The van der Waals surface area contributed by atoms with E-state index in [9.17, 15) is 4.79 Å². The lowest BCUT2D eigenvalue weighted by Gasteiger charge is -2.31. The number of likely N-dealkylation sites (N-methyl/N-ethyl adjacent to an activating group) is 1. The number of hydrogen-bond acceptors (Lipinski definition) is 4. The highest BCUT2D eigenvalue weighted by Crippen LogP contribution is 2.31. The summed E-state index contributed by atoms with van der Waals surface area (Å²) in [5, 5.41) is 4.03. The third-order valence-corrected chi connectivity index (χ3v) is 6.26. The zero-order valence-electron chi connectivity index (χ0n) is 15.3. The number of carbonyl (C=O) groups is 1. The first-order chi connectivity index (χ1) is 13.1. The molecule has 5 heterocycles. The molecule has 0 aromatic carbocycles. The molecule has 1 amide bonds. The van der Waals surface area contributed by atoms with Crippen LogP contribution in [0.4, 0.5) is 0 Å². The minimum absolute atomic E-state index is 0.119. The number of fused-ring (bicyclic) bond motifs is 3. The first kappa shape index (κ1) is 16.5. The second-order valence-corrected chi connectivity index (χ2v) is 8.23. The van der Waals surface area contributed by atoms with E-state index in [1.807, 2.05) is 51.5 Å². The highest BCUT2D eigenvalue weighted by atomic mass is 32.1. The summed E-state index contributed by atoms with van der Waals surface area (Å²) in [4.78, 5) is 22.1. The fourth-order valence-electron chi connectivity index (χ4n) is 4.20. The van der Waals surface area contributed by atoms with Crippen LogP contribution in [0, 0.1) is 18.8 Å². The molecule has 2 aliphatic heterocycles. The second-order valence-electron chi connectivity index (χ2n) is 7.45. The van der Waals surface area contributed by atoms with Gasteiger partial charge in [0.1, 0.15) is 5.69 Å². The maximum absolute atomic E-state index is 13.1. The predicted octanol–water partition coefficient (Wildman–Crippen LogP) is 2.63. The van der Waals surface area contributed by atoms with Crippen LogP contribution in [0.25, 0.3) is 5.52 Å². The molecule has 2 atom stereocenters. The number of thiophene rings is 1. The number of amides is 1. The zero-order valence-corrected chi connectivity index (χ0v) is 16.2. The molecule has 5 nitrogen and oxygen atoms in total. The van der Waals surface area contributed by atoms with Crippen LogP contribution in [0.5, 0.6) is 0 Å². The normalized spacial score (nSPS) is 21.6. The Balaban J connectivity index is 1.50. The Labute approximate surface area is 162 Å². The molecule has 136 valence electrons. The van der Waals surface area contributed by atoms with Crippen molar-refractivity contribution in [3.8, 4) is 11.8 Å². The molecule has 0 saturated carbocycles. The summed E-state index contributed by atoms with van der Waals surface area (Å²) in [6.07, 6.45) is 4.96. The highest BCUT2D eigenvalue weighted by molar-refractivity contribution is 7.08. The molecule has 0 spiro atoms. The molecule has 0 aliphatic carbocycles. The molecule has 2 aliphatic rings. The van der Waals surface area contributed by atoms with Crippen molar-refractivity contribution in [2.45, 2.75) is 25.4 Å². The van der Waals surface area contributed by atoms with Crippen molar-refractivity contribution in [1.82, 2.24) is 19.2 Å². The van der Waals surface area contributed by atoms with E-state index < -0.39 is 0 Å². The molecule has 6 heteroatoms. The lowest BCUT2D eigenvalue weighted by atomic mass is 10.2. The van der Waals surface area contributed by atoms with E-state index in [4.69, 9.17) is 0 Å². The molecule has 27 heavy (non-hydrogen) atoms. The molecule has 2 bridgehead atoms. The van der Waals surface area contributed by atoms with E-state index in [1.54, 1.807) is 11.3 Å². The Morgan fingerprint density at radius 3 is 2.85 bits per heavy atom. The van der Waals surface area contributed by atoms with Gasteiger partial charge in [0, 0.05) is 48.5 Å². The first-order valence-electron chi connectivity index (χ1n) is 9.13. The number of hydrogen-bond donors (Lipinski definition) is 0. The van der Waals surface area contributed by atoms with Crippen molar-refractivity contribution in [1.29, 1.82) is 0 Å². The first-order valence-corrected chi connectivity index (χ1v) is 10.1. The van der Waals surface area contributed by atoms with Crippen LogP contribution >= 0.6 is 11.3 Å². The number of piperazine rings is 1. The van der Waals surface area contributed by atoms with Gasteiger partial charge >= 0.3 is 0 Å². The number of nitrogens with zero attached hydrogens (tertiary/aromatic N) is 4. The standard InChI is InChI=1S/C21H20N4OS/c1-14-9-24-10-16(21(26)25-12-17-8-18(25)11-23(17)2)7-20(24)19(22-14)4-3-15-5-6-27-13-15/h5-7,9-10,13,17-18H,8,11-12H2,1-2H3/t17-,18-/m0/s1. The van der Waals surface area contributed by atoms with Gasteiger partial charge in [-0.3, -0.25) is 9.69 Å². The SMILES string of the molecule is Cc1cn2cc(C(=O)N3C[C@@H]4C[C@H]3CN4C)cc2c(C#Cc2ccsc2)n1. The lowest BCUT2D eigenvalue weighted by molar-refractivity contribution is 0.0650. The van der Waals surface area contributed by atoms with Gasteiger partial charge in [-0.25, -0.2) is 4.98 Å². The molecule has 0 radical (unpaired) electrons. The molecular weight excluding hydrogens is 356 g/mol. The molecule has 5 rings (SSSR count). The van der Waals surface area contributed by atoms with Crippen LogP contribution in [0.15, 0.2) is 35.3 Å². The number of carbonyl (C=O) groups excluding carboxylic acids is 1. The van der Waals surface area contributed by atoms with Crippen LogP contribution in [0.2, 0.25) is 0 Å². The summed E-state index contributed by atoms with van der Waals surface area (Å²) >= 11 is 1.63. The Hall–Kier alpha value is -2.62. The molecule has 2 fully saturated rings. The maximum Gasteiger partial charge on any atom is 0.255 e. The van der Waals surface area contributed by atoms with Gasteiger partial charge < -0.3 is 9.30 Å². The topological polar surface area (TPSA) is 40.9 Å². The van der Waals surface area contributed by atoms with E-state index in [0.29, 0.717) is 17.8 Å². The van der Waals surface area contributed by atoms with Crippen molar-refractivity contribution >= 4 is 22.8 Å². The smallest absolute Gasteiger partial charge is 0.255 e. The summed E-state index contributed by atoms with van der Waals surface area (Å²) in [6, 6.07) is 4.78. The Morgan fingerprint density at radius 2 is 2.15 bits per heavy atom. The lowest BCUT2D eigenvalue weighted by Crippen LogP contribution is -2.47. The van der Waals surface area contributed by atoms with E-state index in [0.717, 1.165) is 41.8 Å². The minimum atomic E-state index is 0.119. The van der Waals surface area contributed by atoms with Crippen LogP contribution in [0.3, 0.4) is 0 Å². The van der Waals surface area contributed by atoms with E-state index in [2.05, 4.69) is 28.8 Å². The number of aryl methyl sites for hydroxylation is 1. The Kier molecular flexibility index (Phi) is 3.81. The fourth-order valence-corrected chi connectivity index (χ4v) is 4.78. The van der Waals surface area contributed by atoms with E-state index in [1.165, 1.54) is 0 Å². The van der Waals surface area contributed by atoms with Crippen LogP contribution in [-0.2, 0) is 0 Å². The highest BCUT2D eigenvalue weighted by Gasteiger charge is 2.43. The van der Waals surface area contributed by atoms with Crippen molar-refractivity contribution < 1.29 is 4.79 Å². The molecule has 2 saturated heterocycles. The quantitative estimate of drug-likeness (QED) is 0.613. The third kappa shape index (κ3) is 2.84. The molecule has 3 aromatic heterocycles. The Bertz CT molecular complexity index is 1090. The average Bonchev–Trinajstić information content (AvgIpc) is 3.41. The van der Waals surface area contributed by atoms with Gasteiger partial charge in [-0.2, -0.15) is 11.3 Å². The average molecular weight is 376 g/mol. The van der Waals surface area contributed by atoms with Gasteiger partial charge in [-0.1, -0.05) is 5.92 Å².